The van der Waals surface area contributed by atoms with Crippen molar-refractivity contribution in [3.63, 3.8) is 0 Å². The Labute approximate surface area is 266 Å². The Bertz CT molecular complexity index is 1650. The van der Waals surface area contributed by atoms with Gasteiger partial charge in [0.25, 0.3) is 5.91 Å². The van der Waals surface area contributed by atoms with Gasteiger partial charge in [0, 0.05) is 28.7 Å². The molecule has 1 aromatic heterocycles. The van der Waals surface area contributed by atoms with Crippen LogP contribution in [0.15, 0.2) is 60.7 Å². The van der Waals surface area contributed by atoms with E-state index in [1.165, 1.54) is 18.2 Å². The molecule has 0 aliphatic heterocycles. The zero-order chi connectivity index (χ0) is 32.3. The highest BCUT2D eigenvalue weighted by Gasteiger charge is 2.21. The number of carbonyl (C=O) groups is 2. The van der Waals surface area contributed by atoms with Gasteiger partial charge in [-0.2, -0.15) is 0 Å². The van der Waals surface area contributed by atoms with E-state index >= 15 is 0 Å². The monoisotopic (exact) mass is 616 g/mol. The van der Waals surface area contributed by atoms with Crippen LogP contribution in [-0.4, -0.2) is 29.7 Å². The number of carbonyl (C=O) groups excluding carboxylic acids is 2. The number of amides is 1. The number of hydrogen-bond donors (Lipinski definition) is 1. The first-order valence-electron chi connectivity index (χ1n) is 15.3. The summed E-state index contributed by atoms with van der Waals surface area (Å²) in [5, 5.41) is 4.72. The molecule has 0 aliphatic carbocycles. The summed E-state index contributed by atoms with van der Waals surface area (Å²) in [4.78, 5) is 25.4. The molecule has 0 unspecified atom stereocenters. The molecule has 0 radical (unpaired) electrons. The molecule has 4 rings (SSSR count). The van der Waals surface area contributed by atoms with E-state index in [0.29, 0.717) is 28.7 Å². The molecule has 0 spiro atoms. The largest absolute Gasteiger partial charge is 0.477 e. The van der Waals surface area contributed by atoms with Gasteiger partial charge in [0.05, 0.1) is 18.2 Å². The Balaban J connectivity index is 1.63. The average molecular weight is 617 g/mol. The van der Waals surface area contributed by atoms with Crippen molar-refractivity contribution in [2.45, 2.75) is 85.9 Å². The van der Waals surface area contributed by atoms with Gasteiger partial charge in [-0.1, -0.05) is 82.6 Å². The molecule has 1 heterocycles. The Hall–Kier alpha value is -3.77. The second kappa shape index (κ2) is 13.5. The number of methoxy groups -OCH3 is 1. The third-order valence-electron chi connectivity index (χ3n) is 8.10. The van der Waals surface area contributed by atoms with E-state index in [9.17, 15) is 9.59 Å². The maximum absolute atomic E-state index is 13.5. The van der Waals surface area contributed by atoms with Crippen molar-refractivity contribution in [1.29, 1.82) is 0 Å². The SMILES string of the molecule is COC(=O)[C@@H](C)Oc1cc(Cc2c(C)n(CC(C)C)c3cc(C(=O)N[C@@H](C)c4ccc(C(C)(C)C)cc4)ccc23)ccc1Cl. The lowest BCUT2D eigenvalue weighted by Crippen LogP contribution is -2.26. The van der Waals surface area contributed by atoms with Crippen LogP contribution in [0.4, 0.5) is 0 Å². The number of benzene rings is 3. The second-order valence-electron chi connectivity index (χ2n) is 13.1. The number of esters is 1. The summed E-state index contributed by atoms with van der Waals surface area (Å²) in [6.45, 7) is 17.6. The van der Waals surface area contributed by atoms with Crippen molar-refractivity contribution in [3.05, 3.63) is 99.2 Å². The quantitative estimate of drug-likeness (QED) is 0.181. The lowest BCUT2D eigenvalue weighted by Gasteiger charge is -2.21. The Kier molecular flexibility index (Phi) is 10.1. The van der Waals surface area contributed by atoms with Gasteiger partial charge in [0.15, 0.2) is 6.10 Å². The zero-order valence-corrected chi connectivity index (χ0v) is 28.1. The highest BCUT2D eigenvalue weighted by Crippen LogP contribution is 2.33. The minimum atomic E-state index is -0.780. The summed E-state index contributed by atoms with van der Waals surface area (Å²) in [6, 6.07) is 20.0. The molecule has 0 saturated carbocycles. The minimum absolute atomic E-state index is 0.0784. The highest BCUT2D eigenvalue weighted by atomic mass is 35.5. The number of ether oxygens (including phenoxy) is 2. The maximum atomic E-state index is 13.5. The van der Waals surface area contributed by atoms with Gasteiger partial charge in [0.1, 0.15) is 5.75 Å². The molecule has 2 atom stereocenters. The van der Waals surface area contributed by atoms with Crippen LogP contribution >= 0.6 is 11.6 Å². The summed E-state index contributed by atoms with van der Waals surface area (Å²) in [5.41, 5.74) is 7.40. The van der Waals surface area contributed by atoms with Gasteiger partial charge in [-0.25, -0.2) is 4.79 Å². The van der Waals surface area contributed by atoms with Crippen LogP contribution in [0.2, 0.25) is 5.02 Å². The van der Waals surface area contributed by atoms with Gasteiger partial charge in [-0.05, 0) is 85.0 Å². The third kappa shape index (κ3) is 7.47. The predicted molar refractivity (Wildman–Crippen MR) is 179 cm³/mol. The number of hydrogen-bond acceptors (Lipinski definition) is 4. The summed E-state index contributed by atoms with van der Waals surface area (Å²) >= 11 is 6.41. The van der Waals surface area contributed by atoms with Crippen LogP contribution in [-0.2, 0) is 27.9 Å². The number of halogens is 1. The van der Waals surface area contributed by atoms with E-state index in [1.807, 2.05) is 31.2 Å². The van der Waals surface area contributed by atoms with Crippen molar-refractivity contribution in [2.75, 3.05) is 7.11 Å². The molecule has 6 nitrogen and oxygen atoms in total. The van der Waals surface area contributed by atoms with Gasteiger partial charge < -0.3 is 19.4 Å². The van der Waals surface area contributed by atoms with E-state index < -0.39 is 12.1 Å². The average Bonchev–Trinajstić information content (AvgIpc) is 3.22. The van der Waals surface area contributed by atoms with Gasteiger partial charge >= 0.3 is 5.97 Å². The fourth-order valence-corrected chi connectivity index (χ4v) is 5.67. The first-order valence-corrected chi connectivity index (χ1v) is 15.6. The molecule has 44 heavy (non-hydrogen) atoms. The summed E-state index contributed by atoms with van der Waals surface area (Å²) in [6.07, 6.45) is -0.140. The molecular weight excluding hydrogens is 572 g/mol. The van der Waals surface area contributed by atoms with Crippen molar-refractivity contribution < 1.29 is 19.1 Å². The number of fused-ring (bicyclic) bond motifs is 1. The molecule has 7 heteroatoms. The Morgan fingerprint density at radius 3 is 2.25 bits per heavy atom. The normalized spacial score (nSPS) is 13.2. The smallest absolute Gasteiger partial charge is 0.346 e. The van der Waals surface area contributed by atoms with Gasteiger partial charge in [-0.3, -0.25) is 4.79 Å². The number of nitrogens with one attached hydrogen (secondary N) is 1. The molecule has 0 fully saturated rings. The predicted octanol–water partition coefficient (Wildman–Crippen LogP) is 8.58. The van der Waals surface area contributed by atoms with Gasteiger partial charge in [-0.15, -0.1) is 0 Å². The van der Waals surface area contributed by atoms with E-state index in [0.717, 1.165) is 34.3 Å². The van der Waals surface area contributed by atoms with Crippen LogP contribution in [0, 0.1) is 12.8 Å². The first-order chi connectivity index (χ1) is 20.7. The van der Waals surface area contributed by atoms with Crippen LogP contribution in [0.3, 0.4) is 0 Å². The summed E-state index contributed by atoms with van der Waals surface area (Å²) < 4.78 is 12.9. The van der Waals surface area contributed by atoms with E-state index in [2.05, 4.69) is 81.8 Å². The lowest BCUT2D eigenvalue weighted by atomic mass is 9.86. The summed E-state index contributed by atoms with van der Waals surface area (Å²) in [5.74, 6) is 0.287. The fourth-order valence-electron chi connectivity index (χ4n) is 5.51. The Morgan fingerprint density at radius 2 is 1.64 bits per heavy atom. The highest BCUT2D eigenvalue weighted by molar-refractivity contribution is 6.32. The molecule has 1 amide bonds. The van der Waals surface area contributed by atoms with Gasteiger partial charge in [0.2, 0.25) is 0 Å². The van der Waals surface area contributed by atoms with Crippen LogP contribution in [0.1, 0.15) is 92.8 Å². The van der Waals surface area contributed by atoms with Crippen LogP contribution in [0.25, 0.3) is 10.9 Å². The molecule has 4 aromatic rings. The number of rotatable bonds is 10. The molecule has 234 valence electrons. The van der Waals surface area contributed by atoms with Crippen molar-refractivity contribution in [3.8, 4) is 5.75 Å². The molecule has 0 aliphatic rings. The van der Waals surface area contributed by atoms with E-state index in [-0.39, 0.29) is 17.4 Å². The topological polar surface area (TPSA) is 69.6 Å². The van der Waals surface area contributed by atoms with E-state index in [4.69, 9.17) is 21.1 Å². The number of nitrogens with zero attached hydrogens (tertiary/aromatic N) is 1. The van der Waals surface area contributed by atoms with Crippen molar-refractivity contribution in [2.24, 2.45) is 5.92 Å². The molecule has 1 N–H and O–H groups in total. The van der Waals surface area contributed by atoms with E-state index in [1.54, 1.807) is 13.0 Å². The minimum Gasteiger partial charge on any atom is -0.477 e. The fraction of sp³-hybridized carbons (Fsp3) is 0.405. The maximum Gasteiger partial charge on any atom is 0.346 e. The van der Waals surface area contributed by atoms with Crippen molar-refractivity contribution in [1.82, 2.24) is 9.88 Å². The second-order valence-corrected chi connectivity index (χ2v) is 13.5. The summed E-state index contributed by atoms with van der Waals surface area (Å²) in [7, 11) is 1.33. The lowest BCUT2D eigenvalue weighted by molar-refractivity contribution is -0.147. The number of aromatic nitrogens is 1. The van der Waals surface area contributed by atoms with Crippen LogP contribution < -0.4 is 10.1 Å². The Morgan fingerprint density at radius 1 is 0.955 bits per heavy atom. The first kappa shape index (κ1) is 33.1. The molecular formula is C37H45ClN2O4. The van der Waals surface area contributed by atoms with Crippen molar-refractivity contribution >= 4 is 34.4 Å². The standard InChI is InChI=1S/C37H45ClN2O4/c1-22(2)21-40-24(4)31(18-26-10-17-32(38)34(19-26)44-25(5)36(42)43-9)30-16-13-28(20-33(30)40)35(41)39-23(3)27-11-14-29(15-12-27)37(6,7)8/h10-17,19-20,22-23,25H,18,21H2,1-9H3,(H,39,41)/t23-,25+/m0/s1. The third-order valence-corrected chi connectivity index (χ3v) is 8.42. The van der Waals surface area contributed by atoms with Crippen LogP contribution in [0.5, 0.6) is 5.75 Å². The molecule has 0 bridgehead atoms. The molecule has 3 aromatic carbocycles. The molecule has 0 saturated heterocycles. The zero-order valence-electron chi connectivity index (χ0n) is 27.4.